The lowest BCUT2D eigenvalue weighted by atomic mass is 10.0. The summed E-state index contributed by atoms with van der Waals surface area (Å²) in [5, 5.41) is 3.59. The van der Waals surface area contributed by atoms with Crippen molar-refractivity contribution in [3.8, 4) is 11.1 Å². The van der Waals surface area contributed by atoms with Gasteiger partial charge < -0.3 is 4.74 Å². The molecule has 0 unspecified atom stereocenters. The van der Waals surface area contributed by atoms with E-state index in [0.29, 0.717) is 5.56 Å². The van der Waals surface area contributed by atoms with E-state index >= 15 is 0 Å². The normalized spacial score (nSPS) is 9.53. The van der Waals surface area contributed by atoms with E-state index in [1.807, 2.05) is 30.3 Å². The number of hydrogen-bond donors (Lipinski definition) is 0. The van der Waals surface area contributed by atoms with E-state index in [2.05, 4.69) is 19.7 Å². The molecule has 0 fully saturated rings. The maximum atomic E-state index is 11.6. The molecule has 1 aromatic heterocycles. The number of methoxy groups -OCH3 is 1. The minimum Gasteiger partial charge on any atom is -0.465 e. The fourth-order valence-corrected chi connectivity index (χ4v) is 1.69. The number of azide groups is 1. The summed E-state index contributed by atoms with van der Waals surface area (Å²) in [4.78, 5) is 18.4. The molecule has 0 atom stereocenters. The Kier molecular flexibility index (Phi) is 3.75. The van der Waals surface area contributed by atoms with Gasteiger partial charge in [0.1, 0.15) is 0 Å². The lowest BCUT2D eigenvalue weighted by Crippen LogP contribution is -2.03. The van der Waals surface area contributed by atoms with Gasteiger partial charge >= 0.3 is 5.97 Å². The standard InChI is InChI=1S/C13H10N4O2/c1-19-13(18)11-8-15-7-10(12(11)16-17-14)9-5-3-2-4-6-9/h2-8H,1H3. The Morgan fingerprint density at radius 3 is 2.68 bits per heavy atom. The van der Waals surface area contributed by atoms with Gasteiger partial charge in [0.2, 0.25) is 0 Å². The number of rotatable bonds is 3. The number of ether oxygens (including phenoxy) is 1. The van der Waals surface area contributed by atoms with Gasteiger partial charge in [-0.2, -0.15) is 0 Å². The van der Waals surface area contributed by atoms with Crippen molar-refractivity contribution in [3.05, 3.63) is 58.7 Å². The summed E-state index contributed by atoms with van der Waals surface area (Å²) in [6, 6.07) is 9.25. The van der Waals surface area contributed by atoms with Crippen LogP contribution in [0.3, 0.4) is 0 Å². The molecule has 19 heavy (non-hydrogen) atoms. The van der Waals surface area contributed by atoms with Crippen molar-refractivity contribution in [2.24, 2.45) is 5.11 Å². The van der Waals surface area contributed by atoms with Crippen molar-refractivity contribution in [1.29, 1.82) is 0 Å². The Morgan fingerprint density at radius 2 is 2.05 bits per heavy atom. The number of esters is 1. The van der Waals surface area contributed by atoms with Gasteiger partial charge in [-0.15, -0.1) is 0 Å². The zero-order valence-electron chi connectivity index (χ0n) is 10.1. The molecule has 0 aliphatic carbocycles. The van der Waals surface area contributed by atoms with Crippen LogP contribution < -0.4 is 0 Å². The summed E-state index contributed by atoms with van der Waals surface area (Å²) >= 11 is 0. The lowest BCUT2D eigenvalue weighted by molar-refractivity contribution is 0.0601. The molecular weight excluding hydrogens is 244 g/mol. The third-order valence-corrected chi connectivity index (χ3v) is 2.55. The van der Waals surface area contributed by atoms with E-state index in [1.54, 1.807) is 6.20 Å². The van der Waals surface area contributed by atoms with Crippen LogP contribution in [-0.4, -0.2) is 18.1 Å². The van der Waals surface area contributed by atoms with Gasteiger partial charge in [-0.05, 0) is 11.1 Å². The summed E-state index contributed by atoms with van der Waals surface area (Å²) in [7, 11) is 1.26. The van der Waals surface area contributed by atoms with Crippen molar-refractivity contribution in [3.63, 3.8) is 0 Å². The molecule has 94 valence electrons. The van der Waals surface area contributed by atoms with Gasteiger partial charge in [-0.3, -0.25) is 4.98 Å². The number of carbonyl (C=O) groups is 1. The molecule has 0 amide bonds. The van der Waals surface area contributed by atoms with Crippen LogP contribution in [0, 0.1) is 0 Å². The highest BCUT2D eigenvalue weighted by Gasteiger charge is 2.15. The molecule has 1 heterocycles. The van der Waals surface area contributed by atoms with Crippen LogP contribution in [0.2, 0.25) is 0 Å². The summed E-state index contributed by atoms with van der Waals surface area (Å²) in [5.41, 5.74) is 10.4. The molecule has 0 N–H and O–H groups in total. The first kappa shape index (κ1) is 12.6. The molecule has 0 aliphatic heterocycles. The molecule has 0 spiro atoms. The minimum absolute atomic E-state index is 0.140. The molecule has 2 aromatic rings. The van der Waals surface area contributed by atoms with Crippen LogP contribution in [-0.2, 0) is 4.74 Å². The summed E-state index contributed by atoms with van der Waals surface area (Å²) < 4.78 is 4.65. The first-order valence-corrected chi connectivity index (χ1v) is 5.44. The first-order chi connectivity index (χ1) is 9.27. The number of pyridine rings is 1. The number of nitrogens with zero attached hydrogens (tertiary/aromatic N) is 4. The first-order valence-electron chi connectivity index (χ1n) is 5.44. The Morgan fingerprint density at radius 1 is 1.32 bits per heavy atom. The minimum atomic E-state index is -0.590. The smallest absolute Gasteiger partial charge is 0.339 e. The third kappa shape index (κ3) is 2.53. The zero-order valence-corrected chi connectivity index (χ0v) is 10.1. The van der Waals surface area contributed by atoms with Gasteiger partial charge in [-0.25, -0.2) is 4.79 Å². The maximum absolute atomic E-state index is 11.6. The van der Waals surface area contributed by atoms with Gasteiger partial charge in [0, 0.05) is 22.9 Å². The molecule has 0 bridgehead atoms. The molecule has 2 rings (SSSR count). The average Bonchev–Trinajstić information content (AvgIpc) is 2.48. The lowest BCUT2D eigenvalue weighted by Gasteiger charge is -2.08. The Hall–Kier alpha value is -2.85. The number of carbonyl (C=O) groups excluding carboxylic acids is 1. The summed E-state index contributed by atoms with van der Waals surface area (Å²) in [6.45, 7) is 0. The molecule has 0 saturated heterocycles. The Bertz CT molecular complexity index is 649. The van der Waals surface area contributed by atoms with E-state index in [0.717, 1.165) is 5.56 Å². The Labute approximate surface area is 109 Å². The molecule has 0 aliphatic rings. The van der Waals surface area contributed by atoms with Gasteiger partial charge in [-0.1, -0.05) is 35.4 Å². The van der Waals surface area contributed by atoms with Crippen molar-refractivity contribution in [2.45, 2.75) is 0 Å². The van der Waals surface area contributed by atoms with E-state index in [-0.39, 0.29) is 11.3 Å². The second-order valence-electron chi connectivity index (χ2n) is 3.63. The highest BCUT2D eigenvalue weighted by molar-refractivity contribution is 5.98. The van der Waals surface area contributed by atoms with Crippen molar-refractivity contribution in [1.82, 2.24) is 4.98 Å². The van der Waals surface area contributed by atoms with Crippen LogP contribution in [0.25, 0.3) is 21.6 Å². The van der Waals surface area contributed by atoms with Crippen molar-refractivity contribution in [2.75, 3.05) is 7.11 Å². The molecule has 6 nitrogen and oxygen atoms in total. The fourth-order valence-electron chi connectivity index (χ4n) is 1.69. The number of hydrogen-bond acceptors (Lipinski definition) is 4. The van der Waals surface area contributed by atoms with Gasteiger partial charge in [0.15, 0.2) is 0 Å². The van der Waals surface area contributed by atoms with Crippen molar-refractivity contribution >= 4 is 11.7 Å². The molecule has 0 radical (unpaired) electrons. The molecular formula is C13H10N4O2. The molecule has 1 aromatic carbocycles. The van der Waals surface area contributed by atoms with Crippen LogP contribution >= 0.6 is 0 Å². The van der Waals surface area contributed by atoms with Crippen LogP contribution in [0.5, 0.6) is 0 Å². The third-order valence-electron chi connectivity index (χ3n) is 2.55. The van der Waals surface area contributed by atoms with E-state index < -0.39 is 5.97 Å². The average molecular weight is 254 g/mol. The molecule has 0 saturated carbocycles. The van der Waals surface area contributed by atoms with Crippen molar-refractivity contribution < 1.29 is 9.53 Å². The zero-order chi connectivity index (χ0) is 13.7. The monoisotopic (exact) mass is 254 g/mol. The second kappa shape index (κ2) is 5.66. The highest BCUT2D eigenvalue weighted by Crippen LogP contribution is 2.32. The largest absolute Gasteiger partial charge is 0.465 e. The predicted octanol–water partition coefficient (Wildman–Crippen LogP) is 3.48. The van der Waals surface area contributed by atoms with E-state index in [4.69, 9.17) is 5.53 Å². The SMILES string of the molecule is COC(=O)c1cncc(-c2ccccc2)c1N=[N+]=[N-]. The van der Waals surface area contributed by atoms with Crippen LogP contribution in [0.1, 0.15) is 10.4 Å². The van der Waals surface area contributed by atoms with E-state index in [1.165, 1.54) is 13.3 Å². The van der Waals surface area contributed by atoms with Gasteiger partial charge in [0.25, 0.3) is 0 Å². The summed E-state index contributed by atoms with van der Waals surface area (Å²) in [5.74, 6) is -0.590. The quantitative estimate of drug-likeness (QED) is 0.363. The van der Waals surface area contributed by atoms with E-state index in [9.17, 15) is 4.79 Å². The summed E-state index contributed by atoms with van der Waals surface area (Å²) in [6.07, 6.45) is 2.87. The van der Waals surface area contributed by atoms with Crippen LogP contribution in [0.4, 0.5) is 5.69 Å². The topological polar surface area (TPSA) is 88.0 Å². The number of benzene rings is 1. The second-order valence-corrected chi connectivity index (χ2v) is 3.63. The Balaban J connectivity index is 2.68. The highest BCUT2D eigenvalue weighted by atomic mass is 16.5. The molecule has 6 heteroatoms. The fraction of sp³-hybridized carbons (Fsp3) is 0.0769. The predicted molar refractivity (Wildman–Crippen MR) is 69.8 cm³/mol. The van der Waals surface area contributed by atoms with Crippen LogP contribution in [0.15, 0.2) is 47.8 Å². The number of aromatic nitrogens is 1. The maximum Gasteiger partial charge on any atom is 0.339 e. The van der Waals surface area contributed by atoms with Gasteiger partial charge in [0.05, 0.1) is 18.4 Å².